The van der Waals surface area contributed by atoms with Gasteiger partial charge in [-0.3, -0.25) is 4.79 Å². The molecule has 8 heteroatoms. The molecular weight excluding hydrogens is 400 g/mol. The lowest BCUT2D eigenvalue weighted by molar-refractivity contribution is -0.140. The van der Waals surface area contributed by atoms with Crippen LogP contribution in [0.3, 0.4) is 0 Å². The summed E-state index contributed by atoms with van der Waals surface area (Å²) in [6, 6.07) is 13.0. The molecule has 1 amide bonds. The predicted octanol–water partition coefficient (Wildman–Crippen LogP) is 4.59. The van der Waals surface area contributed by atoms with Crippen molar-refractivity contribution in [1.82, 2.24) is 4.57 Å². The zero-order valence-electron chi connectivity index (χ0n) is 15.5. The minimum Gasteiger partial charge on any atom is -0.392 e. The molecule has 0 spiro atoms. The highest BCUT2D eigenvalue weighted by molar-refractivity contribution is 6.17. The number of aliphatic hydroxyl groups is 1. The molecule has 0 aliphatic rings. The number of carbonyl (C=O) groups excluding carboxylic acids is 1. The molecule has 0 unspecified atom stereocenters. The maximum atomic E-state index is 14.7. The van der Waals surface area contributed by atoms with Crippen LogP contribution in [-0.2, 0) is 19.3 Å². The third-order valence-electron chi connectivity index (χ3n) is 5.12. The molecule has 1 aromatic heterocycles. The van der Waals surface area contributed by atoms with Crippen molar-refractivity contribution in [3.63, 3.8) is 0 Å². The average Bonchev–Trinajstić information content (AvgIpc) is 3.01. The van der Waals surface area contributed by atoms with E-state index in [2.05, 4.69) is 0 Å². The van der Waals surface area contributed by atoms with Crippen LogP contribution in [-0.4, -0.2) is 15.6 Å². The van der Waals surface area contributed by atoms with Crippen molar-refractivity contribution in [2.75, 3.05) is 0 Å². The van der Waals surface area contributed by atoms with Gasteiger partial charge in [-0.05, 0) is 29.8 Å². The quantitative estimate of drug-likeness (QED) is 0.478. The predicted molar refractivity (Wildman–Crippen MR) is 104 cm³/mol. The van der Waals surface area contributed by atoms with Gasteiger partial charge in [-0.2, -0.15) is 13.2 Å². The van der Waals surface area contributed by atoms with E-state index in [4.69, 9.17) is 5.73 Å². The number of hydrogen-bond donors (Lipinski definition) is 2. The van der Waals surface area contributed by atoms with Crippen LogP contribution in [0.4, 0.5) is 17.6 Å². The van der Waals surface area contributed by atoms with Gasteiger partial charge in [0.15, 0.2) is 0 Å². The number of hydrogen-bond acceptors (Lipinski definition) is 2. The Morgan fingerprint density at radius 2 is 1.77 bits per heavy atom. The van der Waals surface area contributed by atoms with Crippen LogP contribution in [0.25, 0.3) is 21.8 Å². The van der Waals surface area contributed by atoms with Gasteiger partial charge in [0.2, 0.25) is 5.91 Å². The van der Waals surface area contributed by atoms with E-state index >= 15 is 0 Å². The summed E-state index contributed by atoms with van der Waals surface area (Å²) in [5.41, 5.74) is 5.90. The summed E-state index contributed by atoms with van der Waals surface area (Å²) in [6.45, 7) is -0.453. The fourth-order valence-corrected chi connectivity index (χ4v) is 3.76. The summed E-state index contributed by atoms with van der Waals surface area (Å²) in [7, 11) is 0. The van der Waals surface area contributed by atoms with Crippen LogP contribution in [0.5, 0.6) is 0 Å². The van der Waals surface area contributed by atoms with E-state index in [0.29, 0.717) is 33.4 Å². The Hall–Kier alpha value is -3.39. The molecule has 0 bridgehead atoms. The lowest BCUT2D eigenvalue weighted by Crippen LogP contribution is -2.12. The fraction of sp³-hybridized carbons (Fsp3) is 0.136. The van der Waals surface area contributed by atoms with Crippen molar-refractivity contribution < 1.29 is 27.5 Å². The summed E-state index contributed by atoms with van der Waals surface area (Å²) < 4.78 is 55.7. The standard InChI is InChI=1S/C22H16F4N2O2/c23-20-13(3-1-5-16(20)22(24,25)26)10-28-17-6-2-4-15(21(27)30)19(17)14-8-7-12(11-29)9-18(14)28/h1-9,29H,10-11H2,(H2,27,30). The summed E-state index contributed by atoms with van der Waals surface area (Å²) >= 11 is 0. The summed E-state index contributed by atoms with van der Waals surface area (Å²) in [6.07, 6.45) is -4.82. The van der Waals surface area contributed by atoms with Crippen molar-refractivity contribution in [2.45, 2.75) is 19.3 Å². The molecule has 4 rings (SSSR count). The summed E-state index contributed by atoms with van der Waals surface area (Å²) in [4.78, 5) is 11.9. The average molecular weight is 416 g/mol. The van der Waals surface area contributed by atoms with Crippen LogP contribution in [0.1, 0.15) is 27.0 Å². The highest BCUT2D eigenvalue weighted by Crippen LogP contribution is 2.35. The van der Waals surface area contributed by atoms with Gasteiger partial charge in [0.05, 0.1) is 24.2 Å². The number of aromatic nitrogens is 1. The van der Waals surface area contributed by atoms with E-state index < -0.39 is 23.5 Å². The van der Waals surface area contributed by atoms with Gasteiger partial charge in [-0.1, -0.05) is 30.3 Å². The third kappa shape index (κ3) is 3.19. The first-order valence-corrected chi connectivity index (χ1v) is 9.01. The molecule has 0 aliphatic heterocycles. The first-order chi connectivity index (χ1) is 14.2. The van der Waals surface area contributed by atoms with Crippen molar-refractivity contribution in [3.05, 3.63) is 82.7 Å². The van der Waals surface area contributed by atoms with E-state index in [0.717, 1.165) is 6.07 Å². The number of alkyl halides is 3. The van der Waals surface area contributed by atoms with Crippen molar-refractivity contribution >= 4 is 27.7 Å². The summed E-state index contributed by atoms with van der Waals surface area (Å²) in [5.74, 6) is -2.00. The topological polar surface area (TPSA) is 68.2 Å². The third-order valence-corrected chi connectivity index (χ3v) is 5.12. The molecule has 4 nitrogen and oxygen atoms in total. The van der Waals surface area contributed by atoms with Gasteiger partial charge in [-0.15, -0.1) is 0 Å². The Balaban J connectivity index is 2.01. The maximum absolute atomic E-state index is 14.7. The Labute approximate surface area is 168 Å². The molecule has 4 aromatic rings. The molecule has 0 saturated heterocycles. The second-order valence-electron chi connectivity index (χ2n) is 6.94. The number of amides is 1. The van der Waals surface area contributed by atoms with Crippen LogP contribution < -0.4 is 5.73 Å². The SMILES string of the molecule is NC(=O)c1cccc2c1c1ccc(CO)cc1n2Cc1cccc(C(F)(F)F)c1F. The lowest BCUT2D eigenvalue weighted by atomic mass is 10.0. The minimum absolute atomic E-state index is 0.150. The second-order valence-corrected chi connectivity index (χ2v) is 6.94. The van der Waals surface area contributed by atoms with Gasteiger partial charge in [0.1, 0.15) is 5.82 Å². The molecule has 0 fully saturated rings. The molecule has 0 saturated carbocycles. The molecule has 1 heterocycles. The molecule has 154 valence electrons. The molecule has 0 atom stereocenters. The van der Waals surface area contributed by atoms with E-state index in [1.807, 2.05) is 0 Å². The fourth-order valence-electron chi connectivity index (χ4n) is 3.76. The number of nitrogens with zero attached hydrogens (tertiary/aromatic N) is 1. The molecule has 30 heavy (non-hydrogen) atoms. The van der Waals surface area contributed by atoms with E-state index in [9.17, 15) is 27.5 Å². The zero-order chi connectivity index (χ0) is 21.6. The smallest absolute Gasteiger partial charge is 0.392 e. The Bertz CT molecular complexity index is 1290. The van der Waals surface area contributed by atoms with E-state index in [1.54, 1.807) is 41.0 Å². The van der Waals surface area contributed by atoms with Crippen molar-refractivity contribution in [2.24, 2.45) is 5.73 Å². The number of nitrogens with two attached hydrogens (primary N) is 1. The molecule has 0 radical (unpaired) electrons. The van der Waals surface area contributed by atoms with Crippen LogP contribution in [0.15, 0.2) is 54.6 Å². The van der Waals surface area contributed by atoms with Crippen molar-refractivity contribution in [1.29, 1.82) is 0 Å². The number of fused-ring (bicyclic) bond motifs is 3. The first kappa shape index (κ1) is 19.9. The molecule has 3 aromatic carbocycles. The number of carbonyl (C=O) groups is 1. The number of aliphatic hydroxyl groups excluding tert-OH is 1. The van der Waals surface area contributed by atoms with Crippen molar-refractivity contribution in [3.8, 4) is 0 Å². The zero-order valence-corrected chi connectivity index (χ0v) is 15.5. The number of benzene rings is 3. The van der Waals surface area contributed by atoms with Gasteiger partial charge in [0, 0.05) is 27.4 Å². The molecule has 0 aliphatic carbocycles. The Morgan fingerprint density at radius 1 is 1.03 bits per heavy atom. The highest BCUT2D eigenvalue weighted by Gasteiger charge is 2.34. The van der Waals surface area contributed by atoms with Gasteiger partial charge in [-0.25, -0.2) is 4.39 Å². The van der Waals surface area contributed by atoms with Crippen LogP contribution >= 0.6 is 0 Å². The van der Waals surface area contributed by atoms with E-state index in [-0.39, 0.29) is 24.3 Å². The second kappa shape index (κ2) is 7.14. The molecule has 3 N–H and O–H groups in total. The molecular formula is C22H16F4N2O2. The monoisotopic (exact) mass is 416 g/mol. The Morgan fingerprint density at radius 3 is 2.43 bits per heavy atom. The van der Waals surface area contributed by atoms with Gasteiger partial charge in [0.25, 0.3) is 0 Å². The minimum atomic E-state index is -4.82. The Kier molecular flexibility index (Phi) is 4.74. The number of rotatable bonds is 4. The summed E-state index contributed by atoms with van der Waals surface area (Å²) in [5, 5.41) is 10.7. The van der Waals surface area contributed by atoms with E-state index in [1.165, 1.54) is 6.07 Å². The largest absolute Gasteiger partial charge is 0.419 e. The normalized spacial score (nSPS) is 12.0. The van der Waals surface area contributed by atoms with Crippen LogP contribution in [0, 0.1) is 5.82 Å². The van der Waals surface area contributed by atoms with Gasteiger partial charge < -0.3 is 15.4 Å². The first-order valence-electron chi connectivity index (χ1n) is 9.01. The lowest BCUT2D eigenvalue weighted by Gasteiger charge is -2.13. The number of primary amides is 1. The van der Waals surface area contributed by atoms with Gasteiger partial charge >= 0.3 is 6.18 Å². The number of halogens is 4. The maximum Gasteiger partial charge on any atom is 0.419 e. The van der Waals surface area contributed by atoms with Crippen LogP contribution in [0.2, 0.25) is 0 Å². The highest BCUT2D eigenvalue weighted by atomic mass is 19.4.